The molecule has 1 fully saturated rings. The number of hydrogen-bond acceptors (Lipinski definition) is 5. The summed E-state index contributed by atoms with van der Waals surface area (Å²) in [5.74, 6) is -0.456. The number of nitrogens with one attached hydrogen (secondary N) is 1. The molecule has 0 aromatic heterocycles. The number of sulfonamides is 1. The number of rotatable bonds is 8. The molecule has 0 bridgehead atoms. The third kappa shape index (κ3) is 5.21. The van der Waals surface area contributed by atoms with E-state index in [1.54, 1.807) is 21.0 Å². The Bertz CT molecular complexity index is 1030. The minimum Gasteiger partial charge on any atom is -0.497 e. The number of benzene rings is 2. The van der Waals surface area contributed by atoms with Crippen molar-refractivity contribution in [2.75, 3.05) is 38.2 Å². The molecule has 1 heterocycles. The zero-order chi connectivity index (χ0) is 23.3. The molecule has 0 unspecified atom stereocenters. The summed E-state index contributed by atoms with van der Waals surface area (Å²) in [4.78, 5) is 14.5. The minimum absolute atomic E-state index is 0.0371. The molecule has 1 N–H and O–H groups in total. The molecule has 1 saturated heterocycles. The Morgan fingerprint density at radius 3 is 2.31 bits per heavy atom. The van der Waals surface area contributed by atoms with E-state index in [4.69, 9.17) is 4.74 Å². The number of methoxy groups -OCH3 is 1. The molecule has 1 aliphatic rings. The van der Waals surface area contributed by atoms with Crippen LogP contribution >= 0.6 is 0 Å². The molecule has 7 nitrogen and oxygen atoms in total. The van der Waals surface area contributed by atoms with Gasteiger partial charge < -0.3 is 15.0 Å². The third-order valence-corrected chi connectivity index (χ3v) is 7.85. The topological polar surface area (TPSA) is 79.0 Å². The zero-order valence-corrected chi connectivity index (χ0v) is 19.5. The normalized spacial score (nSPS) is 15.1. The highest BCUT2D eigenvalue weighted by Gasteiger charge is 2.27. The Labute approximate surface area is 189 Å². The largest absolute Gasteiger partial charge is 0.497 e. The van der Waals surface area contributed by atoms with E-state index >= 15 is 0 Å². The Hall–Kier alpha value is -2.65. The van der Waals surface area contributed by atoms with E-state index < -0.39 is 26.6 Å². The average Bonchev–Trinajstić information content (AvgIpc) is 2.80. The zero-order valence-electron chi connectivity index (χ0n) is 18.7. The molecule has 1 aliphatic heterocycles. The van der Waals surface area contributed by atoms with Crippen LogP contribution in [0, 0.1) is 5.82 Å². The smallest absolute Gasteiger partial charge is 0.251 e. The molecule has 0 spiro atoms. The number of hydrogen-bond donors (Lipinski definition) is 1. The van der Waals surface area contributed by atoms with Gasteiger partial charge in [0, 0.05) is 43.5 Å². The fourth-order valence-electron chi connectivity index (χ4n) is 3.89. The number of carbonyl (C=O) groups is 1. The fourth-order valence-corrected chi connectivity index (χ4v) is 5.44. The van der Waals surface area contributed by atoms with Crippen molar-refractivity contribution in [1.29, 1.82) is 0 Å². The van der Waals surface area contributed by atoms with Crippen LogP contribution in [0.25, 0.3) is 0 Å². The van der Waals surface area contributed by atoms with Crippen LogP contribution in [0.4, 0.5) is 10.1 Å². The van der Waals surface area contributed by atoms with Gasteiger partial charge in [-0.2, -0.15) is 4.31 Å². The van der Waals surface area contributed by atoms with Crippen LogP contribution < -0.4 is 15.0 Å². The lowest BCUT2D eigenvalue weighted by atomic mass is 10.0. The van der Waals surface area contributed by atoms with Crippen LogP contribution in [-0.4, -0.2) is 58.0 Å². The monoisotopic (exact) mass is 463 g/mol. The highest BCUT2D eigenvalue weighted by atomic mass is 32.2. The number of nitrogens with zero attached hydrogens (tertiary/aromatic N) is 2. The molecule has 1 amide bonds. The van der Waals surface area contributed by atoms with Crippen molar-refractivity contribution < 1.29 is 22.3 Å². The molecule has 32 heavy (non-hydrogen) atoms. The molecule has 0 atom stereocenters. The maximum atomic E-state index is 14.3. The first-order chi connectivity index (χ1) is 15.3. The maximum Gasteiger partial charge on any atom is 0.251 e. The lowest BCUT2D eigenvalue weighted by Gasteiger charge is -2.34. The van der Waals surface area contributed by atoms with E-state index in [9.17, 15) is 17.6 Å². The van der Waals surface area contributed by atoms with Crippen LogP contribution in [0.5, 0.6) is 5.75 Å². The maximum absolute atomic E-state index is 14.3. The van der Waals surface area contributed by atoms with Gasteiger partial charge in [-0.05, 0) is 55.3 Å². The second-order valence-corrected chi connectivity index (χ2v) is 9.57. The van der Waals surface area contributed by atoms with Crippen molar-refractivity contribution in [3.05, 3.63) is 53.8 Å². The standard InChI is InChI=1S/C23H30FN3O4S/c1-4-27(5-2)32(29,30)22-16-17(6-11-21(22)24)23(28)25-18-12-14-26(15-13-18)19-7-9-20(31-3)10-8-19/h6-11,16,18H,4-5,12-15H2,1-3H3,(H,25,28). The highest BCUT2D eigenvalue weighted by molar-refractivity contribution is 7.89. The molecular formula is C23H30FN3O4S. The van der Waals surface area contributed by atoms with Crippen LogP contribution in [0.1, 0.15) is 37.0 Å². The summed E-state index contributed by atoms with van der Waals surface area (Å²) < 4.78 is 46.1. The lowest BCUT2D eigenvalue weighted by Crippen LogP contribution is -2.44. The van der Waals surface area contributed by atoms with Gasteiger partial charge in [0.05, 0.1) is 7.11 Å². The van der Waals surface area contributed by atoms with Gasteiger partial charge >= 0.3 is 0 Å². The van der Waals surface area contributed by atoms with Gasteiger partial charge in [-0.3, -0.25) is 4.79 Å². The quantitative estimate of drug-likeness (QED) is 0.650. The summed E-state index contributed by atoms with van der Waals surface area (Å²) in [6, 6.07) is 11.3. The molecule has 0 radical (unpaired) electrons. The number of piperidine rings is 1. The van der Waals surface area contributed by atoms with Gasteiger partial charge in [-0.15, -0.1) is 0 Å². The van der Waals surface area contributed by atoms with E-state index in [0.29, 0.717) is 0 Å². The van der Waals surface area contributed by atoms with Gasteiger partial charge in [0.1, 0.15) is 16.5 Å². The van der Waals surface area contributed by atoms with Crippen LogP contribution in [0.3, 0.4) is 0 Å². The number of amides is 1. The van der Waals surface area contributed by atoms with E-state index in [1.165, 1.54) is 10.4 Å². The number of ether oxygens (including phenoxy) is 1. The first-order valence-electron chi connectivity index (χ1n) is 10.8. The van der Waals surface area contributed by atoms with Crippen molar-refractivity contribution in [3.8, 4) is 5.75 Å². The van der Waals surface area contributed by atoms with Crippen LogP contribution in [0.15, 0.2) is 47.4 Å². The van der Waals surface area contributed by atoms with Crippen molar-refractivity contribution in [3.63, 3.8) is 0 Å². The second kappa shape index (κ2) is 10.3. The van der Waals surface area contributed by atoms with Gasteiger partial charge in [-0.25, -0.2) is 12.8 Å². The van der Waals surface area contributed by atoms with Crippen molar-refractivity contribution in [2.45, 2.75) is 37.6 Å². The molecule has 0 aliphatic carbocycles. The molecule has 3 rings (SSSR count). The average molecular weight is 464 g/mol. The number of anilines is 1. The first-order valence-corrected chi connectivity index (χ1v) is 12.2. The summed E-state index contributed by atoms with van der Waals surface area (Å²) in [6.07, 6.45) is 1.51. The third-order valence-electron chi connectivity index (χ3n) is 5.78. The summed E-state index contributed by atoms with van der Waals surface area (Å²) in [5.41, 5.74) is 1.23. The van der Waals surface area contributed by atoms with E-state index in [-0.39, 0.29) is 24.7 Å². The SMILES string of the molecule is CCN(CC)S(=O)(=O)c1cc(C(=O)NC2CCN(c3ccc(OC)cc3)CC2)ccc1F. The minimum atomic E-state index is -4.00. The van der Waals surface area contributed by atoms with E-state index in [2.05, 4.69) is 10.2 Å². The number of halogens is 1. The predicted molar refractivity (Wildman–Crippen MR) is 122 cm³/mol. The van der Waals surface area contributed by atoms with Crippen LogP contribution in [0.2, 0.25) is 0 Å². The Morgan fingerprint density at radius 1 is 1.12 bits per heavy atom. The van der Waals surface area contributed by atoms with Gasteiger partial charge in [0.2, 0.25) is 10.0 Å². The van der Waals surface area contributed by atoms with Crippen molar-refractivity contribution >= 4 is 21.6 Å². The molecule has 2 aromatic rings. The molecule has 2 aromatic carbocycles. The molecule has 0 saturated carbocycles. The first kappa shape index (κ1) is 24.0. The summed E-state index contributed by atoms with van der Waals surface area (Å²) in [7, 11) is -2.37. The van der Waals surface area contributed by atoms with Crippen LogP contribution in [-0.2, 0) is 10.0 Å². The van der Waals surface area contributed by atoms with Gasteiger partial charge in [0.25, 0.3) is 5.91 Å². The molecule has 174 valence electrons. The Morgan fingerprint density at radius 2 is 1.75 bits per heavy atom. The Balaban J connectivity index is 1.65. The fraction of sp³-hybridized carbons (Fsp3) is 0.435. The van der Waals surface area contributed by atoms with Crippen molar-refractivity contribution in [1.82, 2.24) is 9.62 Å². The van der Waals surface area contributed by atoms with E-state index in [1.807, 2.05) is 24.3 Å². The van der Waals surface area contributed by atoms with Gasteiger partial charge in [0.15, 0.2) is 0 Å². The summed E-state index contributed by atoms with van der Waals surface area (Å²) in [6.45, 7) is 5.38. The summed E-state index contributed by atoms with van der Waals surface area (Å²) >= 11 is 0. The summed E-state index contributed by atoms with van der Waals surface area (Å²) in [5, 5.41) is 2.96. The molecule has 9 heteroatoms. The highest BCUT2D eigenvalue weighted by Crippen LogP contribution is 2.24. The Kier molecular flexibility index (Phi) is 7.73. The lowest BCUT2D eigenvalue weighted by molar-refractivity contribution is 0.0931. The van der Waals surface area contributed by atoms with E-state index in [0.717, 1.165) is 49.5 Å². The second-order valence-electron chi connectivity index (χ2n) is 7.67. The number of carbonyl (C=O) groups excluding carboxylic acids is 1. The van der Waals surface area contributed by atoms with Gasteiger partial charge in [-0.1, -0.05) is 13.8 Å². The van der Waals surface area contributed by atoms with Crippen molar-refractivity contribution in [2.24, 2.45) is 0 Å². The molecular weight excluding hydrogens is 433 g/mol. The predicted octanol–water partition coefficient (Wildman–Crippen LogP) is 3.26.